The molecule has 3 nitrogen and oxygen atoms in total. The van der Waals surface area contributed by atoms with Crippen LogP contribution in [0, 0.1) is 11.8 Å². The number of piperidine rings is 1. The first-order valence-corrected chi connectivity index (χ1v) is 8.24. The third-order valence-corrected chi connectivity index (χ3v) is 4.86. The number of amides is 1. The van der Waals surface area contributed by atoms with Gasteiger partial charge < -0.3 is 10.2 Å². The molecular weight excluding hydrogens is 272 g/mol. The Balaban J connectivity index is 0.00000200. The van der Waals surface area contributed by atoms with Crippen LogP contribution in [-0.2, 0) is 4.79 Å². The molecular formula is C16H31ClN2O. The minimum Gasteiger partial charge on any atom is -0.343 e. The van der Waals surface area contributed by atoms with E-state index in [0.717, 1.165) is 51.1 Å². The highest BCUT2D eigenvalue weighted by Crippen LogP contribution is 2.28. The first kappa shape index (κ1) is 17.8. The Bertz CT molecular complexity index is 282. The summed E-state index contributed by atoms with van der Waals surface area (Å²) >= 11 is 0. The van der Waals surface area contributed by atoms with Crippen molar-refractivity contribution >= 4 is 18.3 Å². The summed E-state index contributed by atoms with van der Waals surface area (Å²) in [5, 5.41) is 3.67. The summed E-state index contributed by atoms with van der Waals surface area (Å²) < 4.78 is 0. The Morgan fingerprint density at radius 3 is 2.25 bits per heavy atom. The van der Waals surface area contributed by atoms with Crippen LogP contribution in [0.5, 0.6) is 0 Å². The highest BCUT2D eigenvalue weighted by Gasteiger charge is 2.26. The summed E-state index contributed by atoms with van der Waals surface area (Å²) in [4.78, 5) is 14.3. The van der Waals surface area contributed by atoms with Gasteiger partial charge in [0.05, 0.1) is 0 Å². The topological polar surface area (TPSA) is 32.3 Å². The van der Waals surface area contributed by atoms with Crippen molar-refractivity contribution in [3.8, 4) is 0 Å². The van der Waals surface area contributed by atoms with Crippen LogP contribution >= 0.6 is 12.4 Å². The van der Waals surface area contributed by atoms with Crippen LogP contribution in [0.1, 0.15) is 58.8 Å². The molecule has 1 heterocycles. The number of carbonyl (C=O) groups excluding carboxylic acids is 1. The maximum atomic E-state index is 12.2. The summed E-state index contributed by atoms with van der Waals surface area (Å²) in [5.74, 6) is 1.92. The van der Waals surface area contributed by atoms with E-state index >= 15 is 0 Å². The smallest absolute Gasteiger partial charge is 0.222 e. The first-order chi connectivity index (χ1) is 9.22. The van der Waals surface area contributed by atoms with Gasteiger partial charge in [-0.25, -0.2) is 0 Å². The summed E-state index contributed by atoms with van der Waals surface area (Å²) in [6.07, 6.45) is 8.12. The van der Waals surface area contributed by atoms with E-state index in [4.69, 9.17) is 0 Å². The average molecular weight is 303 g/mol. The van der Waals surface area contributed by atoms with Gasteiger partial charge in [0.2, 0.25) is 5.91 Å². The van der Waals surface area contributed by atoms with Crippen LogP contribution in [-0.4, -0.2) is 36.5 Å². The monoisotopic (exact) mass is 302 g/mol. The minimum atomic E-state index is 0. The lowest BCUT2D eigenvalue weighted by molar-refractivity contribution is -0.133. The van der Waals surface area contributed by atoms with E-state index in [0.29, 0.717) is 17.9 Å². The Hall–Kier alpha value is -0.280. The van der Waals surface area contributed by atoms with Gasteiger partial charge in [-0.2, -0.15) is 0 Å². The zero-order valence-corrected chi connectivity index (χ0v) is 13.9. The Morgan fingerprint density at radius 2 is 1.75 bits per heavy atom. The normalized spacial score (nSPS) is 20.1. The van der Waals surface area contributed by atoms with E-state index in [1.165, 1.54) is 19.4 Å². The minimum absolute atomic E-state index is 0. The molecule has 2 aliphatic rings. The number of halogens is 1. The number of rotatable bonds is 7. The Kier molecular flexibility index (Phi) is 7.90. The van der Waals surface area contributed by atoms with Crippen molar-refractivity contribution in [2.24, 2.45) is 11.8 Å². The SMILES string of the molecule is CCC(CC)CC(=O)N1CCC(NCC2CC2)CC1.Cl. The largest absolute Gasteiger partial charge is 0.343 e. The second-order valence-corrected chi connectivity index (χ2v) is 6.39. The van der Waals surface area contributed by atoms with Gasteiger partial charge in [-0.05, 0) is 44.1 Å². The van der Waals surface area contributed by atoms with Gasteiger partial charge in [0, 0.05) is 25.6 Å². The highest BCUT2D eigenvalue weighted by molar-refractivity contribution is 5.85. The standard InChI is InChI=1S/C16H30N2O.ClH/c1-3-13(4-2)11-16(19)18-9-7-15(8-10-18)17-12-14-5-6-14;/h13-15,17H,3-12H2,1-2H3;1H. The van der Waals surface area contributed by atoms with E-state index in [2.05, 4.69) is 24.1 Å². The lowest BCUT2D eigenvalue weighted by atomic mass is 9.97. The molecule has 0 spiro atoms. The van der Waals surface area contributed by atoms with Crippen LogP contribution in [0.3, 0.4) is 0 Å². The van der Waals surface area contributed by atoms with E-state index in [-0.39, 0.29) is 12.4 Å². The summed E-state index contributed by atoms with van der Waals surface area (Å²) in [6, 6.07) is 0.651. The fraction of sp³-hybridized carbons (Fsp3) is 0.938. The predicted molar refractivity (Wildman–Crippen MR) is 86.3 cm³/mol. The van der Waals surface area contributed by atoms with Crippen LogP contribution in [0.15, 0.2) is 0 Å². The van der Waals surface area contributed by atoms with Crippen LogP contribution in [0.4, 0.5) is 0 Å². The van der Waals surface area contributed by atoms with Crippen molar-refractivity contribution in [2.45, 2.75) is 64.8 Å². The van der Waals surface area contributed by atoms with E-state index in [1.54, 1.807) is 0 Å². The molecule has 1 saturated heterocycles. The molecule has 1 aliphatic carbocycles. The summed E-state index contributed by atoms with van der Waals surface area (Å²) in [6.45, 7) is 7.50. The molecule has 1 amide bonds. The Labute approximate surface area is 130 Å². The number of likely N-dealkylation sites (tertiary alicyclic amines) is 1. The number of hydrogen-bond acceptors (Lipinski definition) is 2. The van der Waals surface area contributed by atoms with Crippen molar-refractivity contribution in [3.63, 3.8) is 0 Å². The maximum Gasteiger partial charge on any atom is 0.222 e. The fourth-order valence-electron chi connectivity index (χ4n) is 2.94. The average Bonchev–Trinajstić information content (AvgIpc) is 3.27. The van der Waals surface area contributed by atoms with Gasteiger partial charge in [0.15, 0.2) is 0 Å². The molecule has 0 aromatic carbocycles. The summed E-state index contributed by atoms with van der Waals surface area (Å²) in [5.41, 5.74) is 0. The fourth-order valence-corrected chi connectivity index (χ4v) is 2.94. The molecule has 0 bridgehead atoms. The molecule has 20 heavy (non-hydrogen) atoms. The quantitative estimate of drug-likeness (QED) is 0.783. The molecule has 1 aliphatic heterocycles. The van der Waals surface area contributed by atoms with Gasteiger partial charge in [0.25, 0.3) is 0 Å². The molecule has 1 saturated carbocycles. The van der Waals surface area contributed by atoms with Crippen molar-refractivity contribution in [3.05, 3.63) is 0 Å². The van der Waals surface area contributed by atoms with E-state index < -0.39 is 0 Å². The van der Waals surface area contributed by atoms with Gasteiger partial charge >= 0.3 is 0 Å². The number of nitrogens with one attached hydrogen (secondary N) is 1. The van der Waals surface area contributed by atoms with Crippen molar-refractivity contribution < 1.29 is 4.79 Å². The number of hydrogen-bond donors (Lipinski definition) is 1. The van der Waals surface area contributed by atoms with Crippen molar-refractivity contribution in [1.29, 1.82) is 0 Å². The molecule has 118 valence electrons. The third kappa shape index (κ3) is 5.61. The second kappa shape index (κ2) is 8.89. The first-order valence-electron chi connectivity index (χ1n) is 8.24. The van der Waals surface area contributed by atoms with Crippen molar-refractivity contribution in [1.82, 2.24) is 10.2 Å². The number of nitrogens with zero attached hydrogens (tertiary/aromatic N) is 1. The second-order valence-electron chi connectivity index (χ2n) is 6.39. The van der Waals surface area contributed by atoms with Crippen molar-refractivity contribution in [2.75, 3.05) is 19.6 Å². The number of carbonyl (C=O) groups is 1. The zero-order chi connectivity index (χ0) is 13.7. The Morgan fingerprint density at radius 1 is 1.15 bits per heavy atom. The highest BCUT2D eigenvalue weighted by atomic mass is 35.5. The van der Waals surface area contributed by atoms with Crippen LogP contribution < -0.4 is 5.32 Å². The van der Waals surface area contributed by atoms with Gasteiger partial charge in [-0.1, -0.05) is 26.7 Å². The van der Waals surface area contributed by atoms with Crippen LogP contribution in [0.2, 0.25) is 0 Å². The molecule has 4 heteroatoms. The van der Waals surface area contributed by atoms with Gasteiger partial charge in [-0.3, -0.25) is 4.79 Å². The molecule has 0 radical (unpaired) electrons. The van der Waals surface area contributed by atoms with E-state index in [9.17, 15) is 4.79 Å². The maximum absolute atomic E-state index is 12.2. The summed E-state index contributed by atoms with van der Waals surface area (Å²) in [7, 11) is 0. The van der Waals surface area contributed by atoms with Gasteiger partial charge in [-0.15, -0.1) is 12.4 Å². The lowest BCUT2D eigenvalue weighted by Crippen LogP contribution is -2.45. The molecule has 1 N–H and O–H groups in total. The molecule has 0 unspecified atom stereocenters. The van der Waals surface area contributed by atoms with Gasteiger partial charge in [0.1, 0.15) is 0 Å². The van der Waals surface area contributed by atoms with E-state index in [1.807, 2.05) is 0 Å². The third-order valence-electron chi connectivity index (χ3n) is 4.86. The molecule has 0 aromatic heterocycles. The van der Waals surface area contributed by atoms with Crippen LogP contribution in [0.25, 0.3) is 0 Å². The predicted octanol–water partition coefficient (Wildman–Crippen LogP) is 3.23. The zero-order valence-electron chi connectivity index (χ0n) is 13.1. The molecule has 2 rings (SSSR count). The molecule has 0 atom stereocenters. The molecule has 0 aromatic rings. The lowest BCUT2D eigenvalue weighted by Gasteiger charge is -2.33. The molecule has 2 fully saturated rings.